The maximum Gasteiger partial charge on any atom is 0.148 e. The number of halogens is 1. The van der Waals surface area contributed by atoms with Crippen LogP contribution in [0.2, 0.25) is 0 Å². The summed E-state index contributed by atoms with van der Waals surface area (Å²) < 4.78 is 12.5. The maximum atomic E-state index is 12.5. The summed E-state index contributed by atoms with van der Waals surface area (Å²) in [5, 5.41) is 0. The molecule has 5 N–H and O–H groups in total. The smallest absolute Gasteiger partial charge is 0.148 e. The summed E-state index contributed by atoms with van der Waals surface area (Å²) in [6.07, 6.45) is 0. The third kappa shape index (κ3) is 1.01. The molecular formula is C6H8FN3. The second kappa shape index (κ2) is 2.53. The number of nitrogens with two attached hydrogens (primary N) is 2. The van der Waals surface area contributed by atoms with Crippen molar-refractivity contribution < 1.29 is 4.39 Å². The van der Waals surface area contributed by atoms with Crippen LogP contribution in [-0.4, -0.2) is 0 Å². The van der Waals surface area contributed by atoms with Gasteiger partial charge in [-0.1, -0.05) is 6.07 Å². The molecule has 1 rings (SSSR count). The number of hydrazine groups is 1. The van der Waals surface area contributed by atoms with Crippen LogP contribution in [0.1, 0.15) is 0 Å². The Hall–Kier alpha value is -1.29. The van der Waals surface area contributed by atoms with Crippen molar-refractivity contribution in [3.05, 3.63) is 24.0 Å². The quantitative estimate of drug-likeness (QED) is 0.306. The summed E-state index contributed by atoms with van der Waals surface area (Å²) in [6.45, 7) is 0. The van der Waals surface area contributed by atoms with E-state index in [1.165, 1.54) is 12.1 Å². The third-order valence-corrected chi connectivity index (χ3v) is 1.21. The van der Waals surface area contributed by atoms with Crippen LogP contribution >= 0.6 is 0 Å². The Morgan fingerprint density at radius 2 is 2.10 bits per heavy atom. The zero-order valence-electron chi connectivity index (χ0n) is 5.26. The Bertz CT molecular complexity index is 236. The van der Waals surface area contributed by atoms with Gasteiger partial charge in [0.1, 0.15) is 5.82 Å². The van der Waals surface area contributed by atoms with Gasteiger partial charge in [-0.05, 0) is 12.1 Å². The lowest BCUT2D eigenvalue weighted by atomic mass is 10.3. The lowest BCUT2D eigenvalue weighted by molar-refractivity contribution is 0.633. The highest BCUT2D eigenvalue weighted by Crippen LogP contribution is 2.19. The lowest BCUT2D eigenvalue weighted by Crippen LogP contribution is -2.09. The van der Waals surface area contributed by atoms with Crippen molar-refractivity contribution in [1.29, 1.82) is 0 Å². The number of nitrogen functional groups attached to an aromatic ring is 2. The summed E-state index contributed by atoms with van der Waals surface area (Å²) in [6, 6.07) is 4.40. The monoisotopic (exact) mass is 141 g/mol. The van der Waals surface area contributed by atoms with Crippen LogP contribution in [-0.2, 0) is 0 Å². The van der Waals surface area contributed by atoms with Crippen molar-refractivity contribution in [2.24, 2.45) is 5.84 Å². The molecule has 0 aromatic heterocycles. The van der Waals surface area contributed by atoms with Gasteiger partial charge in [-0.25, -0.2) is 4.39 Å². The number of nitrogens with one attached hydrogen (secondary N) is 1. The average Bonchev–Trinajstić information content (AvgIpc) is 1.95. The second-order valence-corrected chi connectivity index (χ2v) is 1.85. The van der Waals surface area contributed by atoms with E-state index in [9.17, 15) is 4.39 Å². The molecule has 0 saturated carbocycles. The van der Waals surface area contributed by atoms with E-state index in [0.29, 0.717) is 5.69 Å². The molecule has 54 valence electrons. The van der Waals surface area contributed by atoms with Gasteiger partial charge in [-0.2, -0.15) is 0 Å². The molecule has 0 aliphatic carbocycles. The molecule has 0 saturated heterocycles. The van der Waals surface area contributed by atoms with Crippen molar-refractivity contribution in [3.8, 4) is 0 Å². The van der Waals surface area contributed by atoms with Gasteiger partial charge in [0.2, 0.25) is 0 Å². The lowest BCUT2D eigenvalue weighted by Gasteiger charge is -2.03. The highest BCUT2D eigenvalue weighted by atomic mass is 19.1. The highest BCUT2D eigenvalue weighted by Gasteiger charge is 2.00. The van der Waals surface area contributed by atoms with Gasteiger partial charge in [0.15, 0.2) is 0 Å². The van der Waals surface area contributed by atoms with Gasteiger partial charge in [0, 0.05) is 0 Å². The Kier molecular flexibility index (Phi) is 1.73. The molecule has 0 amide bonds. The van der Waals surface area contributed by atoms with Crippen molar-refractivity contribution in [1.82, 2.24) is 0 Å². The SMILES string of the molecule is NNc1cccc(F)c1N. The van der Waals surface area contributed by atoms with E-state index in [1.54, 1.807) is 6.07 Å². The molecule has 3 nitrogen and oxygen atoms in total. The molecule has 1 aromatic carbocycles. The number of anilines is 2. The van der Waals surface area contributed by atoms with Crippen molar-refractivity contribution in [2.45, 2.75) is 0 Å². The molecule has 0 atom stereocenters. The van der Waals surface area contributed by atoms with Gasteiger partial charge >= 0.3 is 0 Å². The molecule has 0 heterocycles. The molecule has 10 heavy (non-hydrogen) atoms. The highest BCUT2D eigenvalue weighted by molar-refractivity contribution is 5.65. The molecule has 0 bridgehead atoms. The van der Waals surface area contributed by atoms with E-state index >= 15 is 0 Å². The fourth-order valence-electron chi connectivity index (χ4n) is 0.663. The molecule has 4 heteroatoms. The predicted molar refractivity (Wildman–Crippen MR) is 38.6 cm³/mol. The molecule has 0 fully saturated rings. The Balaban J connectivity index is 3.14. The average molecular weight is 141 g/mol. The van der Waals surface area contributed by atoms with E-state index in [4.69, 9.17) is 11.6 Å². The molecule has 0 spiro atoms. The van der Waals surface area contributed by atoms with Crippen LogP contribution < -0.4 is 17.0 Å². The van der Waals surface area contributed by atoms with Crippen LogP contribution in [0.5, 0.6) is 0 Å². The zero-order valence-corrected chi connectivity index (χ0v) is 5.26. The van der Waals surface area contributed by atoms with Gasteiger partial charge in [0.05, 0.1) is 11.4 Å². The summed E-state index contributed by atoms with van der Waals surface area (Å²) in [7, 11) is 0. The fourth-order valence-corrected chi connectivity index (χ4v) is 0.663. The minimum atomic E-state index is -0.463. The Labute approximate surface area is 57.8 Å². The van der Waals surface area contributed by atoms with Crippen LogP contribution in [0, 0.1) is 5.82 Å². The predicted octanol–water partition coefficient (Wildman–Crippen LogP) is 0.694. The molecule has 0 radical (unpaired) electrons. The first-order chi connectivity index (χ1) is 4.75. The number of hydrogen-bond donors (Lipinski definition) is 3. The molecule has 0 aliphatic heterocycles. The largest absolute Gasteiger partial charge is 0.395 e. The first-order valence-corrected chi connectivity index (χ1v) is 2.76. The summed E-state index contributed by atoms with van der Waals surface area (Å²) in [5.41, 5.74) is 8.00. The number of hydrogen-bond acceptors (Lipinski definition) is 3. The van der Waals surface area contributed by atoms with Crippen LogP contribution in [0.15, 0.2) is 18.2 Å². The minimum Gasteiger partial charge on any atom is -0.395 e. The Morgan fingerprint density at radius 3 is 2.60 bits per heavy atom. The zero-order chi connectivity index (χ0) is 7.56. The van der Waals surface area contributed by atoms with Crippen molar-refractivity contribution in [2.75, 3.05) is 11.2 Å². The summed E-state index contributed by atoms with van der Waals surface area (Å²) in [5.74, 6) is 4.56. The van der Waals surface area contributed by atoms with E-state index in [1.807, 2.05) is 0 Å². The molecular weight excluding hydrogens is 133 g/mol. The second-order valence-electron chi connectivity index (χ2n) is 1.85. The van der Waals surface area contributed by atoms with Gasteiger partial charge in [0.25, 0.3) is 0 Å². The van der Waals surface area contributed by atoms with Crippen molar-refractivity contribution >= 4 is 11.4 Å². The summed E-state index contributed by atoms with van der Waals surface area (Å²) in [4.78, 5) is 0. The van der Waals surface area contributed by atoms with Crippen LogP contribution in [0.4, 0.5) is 15.8 Å². The minimum absolute atomic E-state index is 0.0463. The van der Waals surface area contributed by atoms with E-state index < -0.39 is 5.82 Å². The first-order valence-electron chi connectivity index (χ1n) is 2.76. The van der Waals surface area contributed by atoms with Gasteiger partial charge < -0.3 is 11.2 Å². The van der Waals surface area contributed by atoms with Gasteiger partial charge in [-0.15, -0.1) is 0 Å². The first kappa shape index (κ1) is 6.82. The van der Waals surface area contributed by atoms with Crippen LogP contribution in [0.3, 0.4) is 0 Å². The summed E-state index contributed by atoms with van der Waals surface area (Å²) >= 11 is 0. The van der Waals surface area contributed by atoms with Crippen LogP contribution in [0.25, 0.3) is 0 Å². The van der Waals surface area contributed by atoms with E-state index in [0.717, 1.165) is 0 Å². The Morgan fingerprint density at radius 1 is 1.40 bits per heavy atom. The maximum absolute atomic E-state index is 12.5. The van der Waals surface area contributed by atoms with E-state index in [2.05, 4.69) is 5.43 Å². The standard InChI is InChI=1S/C6H8FN3/c7-4-2-1-3-5(10-9)6(4)8/h1-3,10H,8-9H2. The molecule has 0 aliphatic rings. The van der Waals surface area contributed by atoms with E-state index in [-0.39, 0.29) is 5.69 Å². The van der Waals surface area contributed by atoms with Gasteiger partial charge in [-0.3, -0.25) is 5.84 Å². The third-order valence-electron chi connectivity index (χ3n) is 1.21. The van der Waals surface area contributed by atoms with Crippen molar-refractivity contribution in [3.63, 3.8) is 0 Å². The molecule has 1 aromatic rings. The normalized spacial score (nSPS) is 9.40. The fraction of sp³-hybridized carbons (Fsp3) is 0. The number of benzene rings is 1. The topological polar surface area (TPSA) is 64.1 Å². The number of para-hydroxylation sites is 1. The number of rotatable bonds is 1. The molecule has 0 unspecified atom stereocenters.